The molecule has 0 bridgehead atoms. The monoisotopic (exact) mass is 313 g/mol. The van der Waals surface area contributed by atoms with Gasteiger partial charge in [0.25, 0.3) is 5.91 Å². The van der Waals surface area contributed by atoms with Gasteiger partial charge in [-0.25, -0.2) is 9.78 Å². The van der Waals surface area contributed by atoms with Crippen LogP contribution in [0.2, 0.25) is 0 Å². The van der Waals surface area contributed by atoms with Crippen LogP contribution in [0.4, 0.5) is 5.69 Å². The van der Waals surface area contributed by atoms with Crippen LogP contribution >= 0.6 is 0 Å². The second kappa shape index (κ2) is 7.49. The zero-order valence-corrected chi connectivity index (χ0v) is 13.4. The van der Waals surface area contributed by atoms with Gasteiger partial charge in [-0.1, -0.05) is 18.2 Å². The lowest BCUT2D eigenvalue weighted by Crippen LogP contribution is -2.40. The van der Waals surface area contributed by atoms with Crippen LogP contribution < -0.4 is 4.90 Å². The summed E-state index contributed by atoms with van der Waals surface area (Å²) in [5.74, 6) is -0.949. The molecule has 0 saturated heterocycles. The Morgan fingerprint density at radius 3 is 2.43 bits per heavy atom. The number of ether oxygens (including phenoxy) is 1. The molecule has 0 fully saturated rings. The van der Waals surface area contributed by atoms with Crippen molar-refractivity contribution in [1.82, 2.24) is 9.97 Å². The van der Waals surface area contributed by atoms with Crippen molar-refractivity contribution < 1.29 is 14.3 Å². The van der Waals surface area contributed by atoms with E-state index >= 15 is 0 Å². The normalized spacial score (nSPS) is 11.6. The molecule has 23 heavy (non-hydrogen) atoms. The van der Waals surface area contributed by atoms with Crippen molar-refractivity contribution in [2.75, 3.05) is 11.4 Å². The number of para-hydroxylation sites is 1. The van der Waals surface area contributed by atoms with Crippen LogP contribution in [0.25, 0.3) is 0 Å². The summed E-state index contributed by atoms with van der Waals surface area (Å²) < 4.78 is 5.21. The Hall–Kier alpha value is -2.76. The van der Waals surface area contributed by atoms with Crippen molar-refractivity contribution in [1.29, 1.82) is 0 Å². The lowest BCUT2D eigenvalue weighted by atomic mass is 10.2. The summed E-state index contributed by atoms with van der Waals surface area (Å²) in [5, 5.41) is 0. The van der Waals surface area contributed by atoms with E-state index in [9.17, 15) is 9.59 Å². The van der Waals surface area contributed by atoms with Crippen molar-refractivity contribution in [2.24, 2.45) is 0 Å². The first kappa shape index (κ1) is 16.6. The Labute approximate surface area is 135 Å². The number of amides is 1. The van der Waals surface area contributed by atoms with Crippen molar-refractivity contribution in [3.05, 3.63) is 54.1 Å². The smallest absolute Gasteiger partial charge is 0.359 e. The summed E-state index contributed by atoms with van der Waals surface area (Å²) in [6, 6.07) is 9.25. The minimum atomic E-state index is -0.911. The Balaban J connectivity index is 2.06. The van der Waals surface area contributed by atoms with Gasteiger partial charge in [0, 0.05) is 18.4 Å². The largest absolute Gasteiger partial charge is 0.448 e. The number of rotatable bonds is 5. The quantitative estimate of drug-likeness (QED) is 0.793. The molecular weight excluding hydrogens is 294 g/mol. The first-order valence-corrected chi connectivity index (χ1v) is 7.39. The molecule has 0 saturated carbocycles. The Bertz CT molecular complexity index is 671. The van der Waals surface area contributed by atoms with Gasteiger partial charge >= 0.3 is 5.97 Å². The molecule has 6 heteroatoms. The third-order valence-corrected chi connectivity index (χ3v) is 3.27. The molecule has 0 aliphatic heterocycles. The van der Waals surface area contributed by atoms with Gasteiger partial charge in [-0.2, -0.15) is 0 Å². The van der Waals surface area contributed by atoms with E-state index in [1.54, 1.807) is 18.7 Å². The van der Waals surface area contributed by atoms with Gasteiger partial charge in [0.2, 0.25) is 0 Å². The van der Waals surface area contributed by atoms with Gasteiger partial charge in [0.15, 0.2) is 11.8 Å². The molecule has 0 unspecified atom stereocenters. The molecule has 1 heterocycles. The minimum Gasteiger partial charge on any atom is -0.448 e. The molecule has 1 atom stereocenters. The van der Waals surface area contributed by atoms with Crippen LogP contribution in [0.15, 0.2) is 42.7 Å². The van der Waals surface area contributed by atoms with Crippen LogP contribution in [0.1, 0.15) is 30.0 Å². The minimum absolute atomic E-state index is 0.0815. The second-order valence-corrected chi connectivity index (χ2v) is 5.01. The van der Waals surface area contributed by atoms with Crippen LogP contribution in [0.5, 0.6) is 0 Å². The highest BCUT2D eigenvalue weighted by Gasteiger charge is 2.25. The van der Waals surface area contributed by atoms with E-state index in [-0.39, 0.29) is 11.6 Å². The highest BCUT2D eigenvalue weighted by atomic mass is 16.5. The number of esters is 1. The van der Waals surface area contributed by atoms with Crippen molar-refractivity contribution in [3.63, 3.8) is 0 Å². The molecule has 0 aliphatic rings. The number of benzene rings is 1. The van der Waals surface area contributed by atoms with E-state index in [1.165, 1.54) is 12.4 Å². The molecule has 6 nitrogen and oxygen atoms in total. The van der Waals surface area contributed by atoms with Gasteiger partial charge in [-0.05, 0) is 32.9 Å². The molecule has 0 N–H and O–H groups in total. The van der Waals surface area contributed by atoms with E-state index < -0.39 is 12.1 Å². The molecule has 2 rings (SSSR count). The summed E-state index contributed by atoms with van der Waals surface area (Å²) >= 11 is 0. The number of likely N-dealkylation sites (N-methyl/N-ethyl adjacent to an activating group) is 1. The van der Waals surface area contributed by atoms with E-state index in [0.29, 0.717) is 12.2 Å². The van der Waals surface area contributed by atoms with Crippen LogP contribution in [-0.4, -0.2) is 34.5 Å². The number of anilines is 1. The van der Waals surface area contributed by atoms with Crippen LogP contribution in [-0.2, 0) is 9.53 Å². The maximum atomic E-state index is 12.5. The molecule has 0 radical (unpaired) electrons. The first-order chi connectivity index (χ1) is 11.0. The van der Waals surface area contributed by atoms with Gasteiger partial charge in [-0.15, -0.1) is 0 Å². The molecule has 2 aromatic rings. The Morgan fingerprint density at radius 1 is 1.17 bits per heavy atom. The maximum absolute atomic E-state index is 12.5. The SMILES string of the molecule is CCN(C(=O)[C@@H](C)OC(=O)c1cnc(C)cn1)c1ccccc1. The van der Waals surface area contributed by atoms with E-state index in [4.69, 9.17) is 4.74 Å². The molecule has 0 aliphatic carbocycles. The molecular formula is C17H19N3O3. The number of aryl methyl sites for hydroxylation is 1. The highest BCUT2D eigenvalue weighted by Crippen LogP contribution is 2.15. The standard InChI is InChI=1S/C17H19N3O3/c1-4-20(14-8-6-5-7-9-14)16(21)13(3)23-17(22)15-11-18-12(2)10-19-15/h5-11,13H,4H2,1-3H3/t13-/m1/s1. The van der Waals surface area contributed by atoms with Gasteiger partial charge in [0.05, 0.1) is 11.9 Å². The number of carbonyl (C=O) groups is 2. The van der Waals surface area contributed by atoms with Gasteiger partial charge < -0.3 is 9.64 Å². The zero-order valence-electron chi connectivity index (χ0n) is 13.4. The maximum Gasteiger partial charge on any atom is 0.359 e. The first-order valence-electron chi connectivity index (χ1n) is 7.39. The van der Waals surface area contributed by atoms with Gasteiger partial charge in [0.1, 0.15) is 0 Å². The number of hydrogen-bond donors (Lipinski definition) is 0. The molecule has 1 aromatic heterocycles. The summed E-state index contributed by atoms with van der Waals surface area (Å²) in [7, 11) is 0. The fourth-order valence-corrected chi connectivity index (χ4v) is 2.06. The highest BCUT2D eigenvalue weighted by molar-refractivity contribution is 5.98. The van der Waals surface area contributed by atoms with Gasteiger partial charge in [-0.3, -0.25) is 9.78 Å². The number of carbonyl (C=O) groups excluding carboxylic acids is 2. The van der Waals surface area contributed by atoms with E-state index in [2.05, 4.69) is 9.97 Å². The molecule has 1 aromatic carbocycles. The third kappa shape index (κ3) is 4.12. The predicted molar refractivity (Wildman–Crippen MR) is 86.1 cm³/mol. The fourth-order valence-electron chi connectivity index (χ4n) is 2.06. The summed E-state index contributed by atoms with van der Waals surface area (Å²) in [6.45, 7) is 5.67. The number of hydrogen-bond acceptors (Lipinski definition) is 5. The van der Waals surface area contributed by atoms with E-state index in [0.717, 1.165) is 5.69 Å². The van der Waals surface area contributed by atoms with Crippen molar-refractivity contribution >= 4 is 17.6 Å². The Kier molecular flexibility index (Phi) is 5.41. The zero-order chi connectivity index (χ0) is 16.8. The van der Waals surface area contributed by atoms with Crippen LogP contribution in [0.3, 0.4) is 0 Å². The lowest BCUT2D eigenvalue weighted by molar-refractivity contribution is -0.126. The number of aromatic nitrogens is 2. The average Bonchev–Trinajstić information content (AvgIpc) is 2.57. The van der Waals surface area contributed by atoms with Crippen molar-refractivity contribution in [3.8, 4) is 0 Å². The summed E-state index contributed by atoms with van der Waals surface area (Å²) in [6.07, 6.45) is 1.90. The lowest BCUT2D eigenvalue weighted by Gasteiger charge is -2.24. The van der Waals surface area contributed by atoms with Crippen molar-refractivity contribution in [2.45, 2.75) is 26.9 Å². The predicted octanol–water partition coefficient (Wildman–Crippen LogP) is 2.38. The third-order valence-electron chi connectivity index (χ3n) is 3.27. The second-order valence-electron chi connectivity index (χ2n) is 5.01. The Morgan fingerprint density at radius 2 is 1.87 bits per heavy atom. The fraction of sp³-hybridized carbons (Fsp3) is 0.294. The molecule has 120 valence electrons. The topological polar surface area (TPSA) is 72.4 Å². The average molecular weight is 313 g/mol. The van der Waals surface area contributed by atoms with E-state index in [1.807, 2.05) is 37.3 Å². The molecule has 0 spiro atoms. The molecule has 1 amide bonds. The summed E-state index contributed by atoms with van der Waals surface area (Å²) in [4.78, 5) is 34.0. The number of nitrogens with zero attached hydrogens (tertiary/aromatic N) is 3. The van der Waals surface area contributed by atoms with Crippen LogP contribution in [0, 0.1) is 6.92 Å². The summed E-state index contributed by atoms with van der Waals surface area (Å²) in [5.41, 5.74) is 1.54.